The zero-order valence-corrected chi connectivity index (χ0v) is 31.8. The molecule has 6 nitrogen and oxygen atoms in total. The second-order valence-electron chi connectivity index (χ2n) is 15.0. The largest absolute Gasteiger partial charge is 0.497 e. The van der Waals surface area contributed by atoms with Crippen molar-refractivity contribution in [2.75, 3.05) is 52.5 Å². The van der Waals surface area contributed by atoms with Crippen molar-refractivity contribution in [2.45, 2.75) is 31.8 Å². The molecule has 9 rings (SSSR count). The van der Waals surface area contributed by atoms with Crippen molar-refractivity contribution in [1.82, 2.24) is 0 Å². The lowest BCUT2D eigenvalue weighted by molar-refractivity contribution is 0.122. The standard InChI is InChI=1S/C48H45NO5/c1-30-7-9-31(10-8-30)32-11-20-37-41(27-32)47(2,3)45-38-21-22-48(34-14-18-36(50-4)19-15-34,33-12-16-35(17-13-33)49-23-25-53-26-24-49)54-46(38)40-29-43(52-6)42(51-5)28-39(40)44(37)45/h7-22,27-29H,23-26H2,1-6H3. The van der Waals surface area contributed by atoms with E-state index in [9.17, 15) is 0 Å². The molecule has 2 aliphatic heterocycles. The van der Waals surface area contributed by atoms with Crippen LogP contribution in [0.1, 0.15) is 47.2 Å². The van der Waals surface area contributed by atoms with E-state index in [1.807, 2.05) is 12.1 Å². The van der Waals surface area contributed by atoms with Gasteiger partial charge in [-0.15, -0.1) is 0 Å². The monoisotopic (exact) mass is 715 g/mol. The van der Waals surface area contributed by atoms with Crippen molar-refractivity contribution in [3.63, 3.8) is 0 Å². The van der Waals surface area contributed by atoms with E-state index in [-0.39, 0.29) is 5.41 Å². The van der Waals surface area contributed by atoms with E-state index in [0.29, 0.717) is 11.5 Å². The highest BCUT2D eigenvalue weighted by Crippen LogP contribution is 2.59. The Morgan fingerprint density at radius 1 is 0.667 bits per heavy atom. The van der Waals surface area contributed by atoms with Crippen molar-refractivity contribution in [2.24, 2.45) is 0 Å². The van der Waals surface area contributed by atoms with E-state index >= 15 is 0 Å². The van der Waals surface area contributed by atoms with Gasteiger partial charge in [0.2, 0.25) is 0 Å². The Balaban J connectivity index is 1.27. The number of rotatable bonds is 7. The number of benzene rings is 6. The summed E-state index contributed by atoms with van der Waals surface area (Å²) in [7, 11) is 5.08. The maximum atomic E-state index is 7.60. The predicted octanol–water partition coefficient (Wildman–Crippen LogP) is 10.3. The molecule has 1 fully saturated rings. The van der Waals surface area contributed by atoms with E-state index in [4.69, 9.17) is 23.7 Å². The van der Waals surface area contributed by atoms with Crippen LogP contribution in [0.2, 0.25) is 0 Å². The maximum absolute atomic E-state index is 7.60. The smallest absolute Gasteiger partial charge is 0.178 e. The van der Waals surface area contributed by atoms with Crippen LogP contribution < -0.4 is 23.8 Å². The minimum atomic E-state index is -0.925. The molecule has 272 valence electrons. The molecule has 1 aliphatic carbocycles. The molecular formula is C48H45NO5. The Labute approximate surface area is 317 Å². The minimum Gasteiger partial charge on any atom is -0.497 e. The highest BCUT2D eigenvalue weighted by molar-refractivity contribution is 6.10. The summed E-state index contributed by atoms with van der Waals surface area (Å²) in [6, 6.07) is 37.0. The molecule has 0 radical (unpaired) electrons. The summed E-state index contributed by atoms with van der Waals surface area (Å²) in [5.74, 6) is 2.95. The summed E-state index contributed by atoms with van der Waals surface area (Å²) < 4.78 is 30.7. The average Bonchev–Trinajstić information content (AvgIpc) is 3.46. The normalized spacial score (nSPS) is 18.1. The second-order valence-corrected chi connectivity index (χ2v) is 15.0. The van der Waals surface area contributed by atoms with Gasteiger partial charge < -0.3 is 28.6 Å². The number of fused-ring (bicyclic) bond motifs is 8. The van der Waals surface area contributed by atoms with Crippen LogP contribution in [0, 0.1) is 6.92 Å². The van der Waals surface area contributed by atoms with Crippen LogP contribution in [0.4, 0.5) is 5.69 Å². The molecule has 1 atom stereocenters. The van der Waals surface area contributed by atoms with Crippen molar-refractivity contribution in [1.29, 1.82) is 0 Å². The quantitative estimate of drug-likeness (QED) is 0.164. The summed E-state index contributed by atoms with van der Waals surface area (Å²) in [6.45, 7) is 10.0. The molecule has 0 saturated carbocycles. The molecule has 3 aliphatic rings. The summed E-state index contributed by atoms with van der Waals surface area (Å²) >= 11 is 0. The fourth-order valence-electron chi connectivity index (χ4n) is 8.79. The van der Waals surface area contributed by atoms with Crippen LogP contribution >= 0.6 is 0 Å². The number of morpholine rings is 1. The van der Waals surface area contributed by atoms with E-state index in [0.717, 1.165) is 65.3 Å². The average molecular weight is 716 g/mol. The molecule has 54 heavy (non-hydrogen) atoms. The zero-order chi connectivity index (χ0) is 37.2. The van der Waals surface area contributed by atoms with Crippen LogP contribution in [-0.4, -0.2) is 47.6 Å². The van der Waals surface area contributed by atoms with Gasteiger partial charge in [0, 0.05) is 46.3 Å². The highest BCUT2D eigenvalue weighted by atomic mass is 16.5. The molecule has 1 saturated heterocycles. The third-order valence-corrected chi connectivity index (χ3v) is 11.7. The Morgan fingerprint density at radius 3 is 1.94 bits per heavy atom. The second kappa shape index (κ2) is 13.0. The van der Waals surface area contributed by atoms with Gasteiger partial charge in [0.05, 0.1) is 34.5 Å². The summed E-state index contributed by atoms with van der Waals surface area (Å²) in [4.78, 5) is 2.38. The van der Waals surface area contributed by atoms with Crippen molar-refractivity contribution in [3.8, 4) is 45.3 Å². The minimum absolute atomic E-state index is 0.329. The van der Waals surface area contributed by atoms with Gasteiger partial charge in [0.1, 0.15) is 11.5 Å². The molecule has 0 N–H and O–H groups in total. The fraction of sp³-hybridized carbons (Fsp3) is 0.250. The molecule has 0 amide bonds. The first-order valence-electron chi connectivity index (χ1n) is 18.7. The number of nitrogens with zero attached hydrogens (tertiary/aromatic N) is 1. The zero-order valence-electron chi connectivity index (χ0n) is 31.8. The number of aryl methyl sites for hydroxylation is 1. The van der Waals surface area contributed by atoms with E-state index in [1.165, 1.54) is 44.6 Å². The molecule has 0 aromatic heterocycles. The molecule has 2 heterocycles. The first kappa shape index (κ1) is 34.1. The van der Waals surface area contributed by atoms with Gasteiger partial charge in [-0.2, -0.15) is 0 Å². The molecule has 6 heteroatoms. The predicted molar refractivity (Wildman–Crippen MR) is 218 cm³/mol. The van der Waals surface area contributed by atoms with Gasteiger partial charge in [-0.25, -0.2) is 0 Å². The van der Waals surface area contributed by atoms with Gasteiger partial charge in [-0.05, 0) is 94.2 Å². The number of hydrogen-bond acceptors (Lipinski definition) is 6. The molecule has 1 unspecified atom stereocenters. The van der Waals surface area contributed by atoms with Gasteiger partial charge in [0.15, 0.2) is 17.1 Å². The summed E-state index contributed by atoms with van der Waals surface area (Å²) in [5, 5.41) is 2.04. The van der Waals surface area contributed by atoms with Crippen LogP contribution in [0.5, 0.6) is 23.0 Å². The van der Waals surface area contributed by atoms with E-state index in [1.54, 1.807) is 21.3 Å². The van der Waals surface area contributed by atoms with Crippen LogP contribution in [-0.2, 0) is 15.8 Å². The highest BCUT2D eigenvalue weighted by Gasteiger charge is 2.44. The van der Waals surface area contributed by atoms with Crippen molar-refractivity contribution < 1.29 is 23.7 Å². The molecule has 0 bridgehead atoms. The number of anilines is 1. The van der Waals surface area contributed by atoms with E-state index in [2.05, 4.69) is 129 Å². The van der Waals surface area contributed by atoms with Crippen LogP contribution in [0.3, 0.4) is 0 Å². The fourth-order valence-corrected chi connectivity index (χ4v) is 8.79. The number of hydrogen-bond donors (Lipinski definition) is 0. The topological polar surface area (TPSA) is 49.4 Å². The van der Waals surface area contributed by atoms with Gasteiger partial charge >= 0.3 is 0 Å². The van der Waals surface area contributed by atoms with Crippen molar-refractivity contribution >= 4 is 22.5 Å². The number of ether oxygens (including phenoxy) is 5. The van der Waals surface area contributed by atoms with Crippen LogP contribution in [0.25, 0.3) is 39.1 Å². The molecule has 0 spiro atoms. The molecule has 6 aromatic rings. The van der Waals surface area contributed by atoms with Crippen LogP contribution in [0.15, 0.2) is 109 Å². The first-order valence-corrected chi connectivity index (χ1v) is 18.7. The lowest BCUT2D eigenvalue weighted by atomic mass is 9.76. The van der Waals surface area contributed by atoms with Gasteiger partial charge in [-0.1, -0.05) is 86.2 Å². The van der Waals surface area contributed by atoms with Gasteiger partial charge in [0.25, 0.3) is 0 Å². The third-order valence-electron chi connectivity index (χ3n) is 11.7. The first-order chi connectivity index (χ1) is 26.2. The molecular weight excluding hydrogens is 671 g/mol. The lowest BCUT2D eigenvalue weighted by Crippen LogP contribution is -2.37. The Bertz CT molecular complexity index is 2420. The Kier molecular flexibility index (Phi) is 8.20. The lowest BCUT2D eigenvalue weighted by Gasteiger charge is -2.39. The molecule has 6 aromatic carbocycles. The van der Waals surface area contributed by atoms with Crippen molar-refractivity contribution in [3.05, 3.63) is 143 Å². The van der Waals surface area contributed by atoms with Gasteiger partial charge in [-0.3, -0.25) is 0 Å². The number of methoxy groups -OCH3 is 3. The summed E-state index contributed by atoms with van der Waals surface area (Å²) in [5.41, 5.74) is 11.7. The third kappa shape index (κ3) is 5.26. The Morgan fingerprint density at radius 2 is 1.30 bits per heavy atom. The van der Waals surface area contributed by atoms with E-state index < -0.39 is 5.60 Å². The SMILES string of the molecule is COc1ccc(C2(c3ccc(N4CCOCC4)cc3)C=Cc3c4c(c5cc(OC)c(OC)cc5c3O2)-c2ccc(-c3ccc(C)cc3)cc2C4(C)C)cc1. The Hall–Kier alpha value is -5.72. The summed E-state index contributed by atoms with van der Waals surface area (Å²) in [6.07, 6.45) is 4.53. The maximum Gasteiger partial charge on any atom is 0.178 e.